The molecule has 0 aliphatic rings. The summed E-state index contributed by atoms with van der Waals surface area (Å²) in [4.78, 5) is 11.1. The summed E-state index contributed by atoms with van der Waals surface area (Å²) in [5, 5.41) is 9.92. The maximum absolute atomic E-state index is 11.1. The van der Waals surface area contributed by atoms with Crippen LogP contribution in [0.2, 0.25) is 0 Å². The predicted octanol–water partition coefficient (Wildman–Crippen LogP) is 2.25. The largest absolute Gasteiger partial charge is 0.388 e. The Morgan fingerprint density at radius 3 is 2.43 bits per heavy atom. The summed E-state index contributed by atoms with van der Waals surface area (Å²) in [6, 6.07) is 7.59. The minimum atomic E-state index is -0.686. The first-order chi connectivity index (χ1) is 6.54. The van der Waals surface area contributed by atoms with Gasteiger partial charge in [0.25, 0.3) is 0 Å². The molecule has 14 heavy (non-hydrogen) atoms. The summed E-state index contributed by atoms with van der Waals surface area (Å²) in [6.45, 7) is 5.19. The lowest BCUT2D eigenvalue weighted by molar-refractivity contribution is -0.123. The molecule has 0 saturated carbocycles. The van der Waals surface area contributed by atoms with E-state index in [-0.39, 0.29) is 11.7 Å². The molecular weight excluding hydrogens is 176 g/mol. The number of Topliss-reactive ketones (excluding diaryl/α,β-unsaturated/α-hetero) is 1. The zero-order valence-electron chi connectivity index (χ0n) is 8.82. The average molecular weight is 192 g/mol. The Balaban J connectivity index is 2.94. The molecule has 1 aromatic rings. The van der Waals surface area contributed by atoms with Crippen LogP contribution in [0.3, 0.4) is 0 Å². The Labute approximate surface area is 84.6 Å². The summed E-state index contributed by atoms with van der Waals surface area (Å²) < 4.78 is 0. The van der Waals surface area contributed by atoms with Gasteiger partial charge in [-0.05, 0) is 25.0 Å². The third-order valence-electron chi connectivity index (χ3n) is 2.62. The van der Waals surface area contributed by atoms with Gasteiger partial charge in [0.1, 0.15) is 5.78 Å². The van der Waals surface area contributed by atoms with Gasteiger partial charge in [-0.2, -0.15) is 0 Å². The lowest BCUT2D eigenvalue weighted by atomic mass is 9.92. The predicted molar refractivity (Wildman–Crippen MR) is 56.0 cm³/mol. The molecule has 0 spiro atoms. The van der Waals surface area contributed by atoms with Gasteiger partial charge < -0.3 is 5.11 Å². The smallest absolute Gasteiger partial charge is 0.135 e. The molecule has 0 heterocycles. The van der Waals surface area contributed by atoms with E-state index in [9.17, 15) is 9.90 Å². The number of benzene rings is 1. The Hall–Kier alpha value is -1.15. The van der Waals surface area contributed by atoms with Crippen LogP contribution in [0.5, 0.6) is 0 Å². The van der Waals surface area contributed by atoms with Crippen molar-refractivity contribution >= 4 is 5.78 Å². The van der Waals surface area contributed by atoms with E-state index in [1.807, 2.05) is 31.2 Å². The lowest BCUT2D eigenvalue weighted by Crippen LogP contribution is -2.17. The number of hydrogen-bond donors (Lipinski definition) is 1. The van der Waals surface area contributed by atoms with Gasteiger partial charge in [-0.25, -0.2) is 0 Å². The number of carbonyl (C=O) groups is 1. The molecule has 1 N–H and O–H groups in total. The van der Waals surface area contributed by atoms with E-state index >= 15 is 0 Å². The van der Waals surface area contributed by atoms with Crippen LogP contribution in [0.15, 0.2) is 24.3 Å². The van der Waals surface area contributed by atoms with Gasteiger partial charge in [0, 0.05) is 5.92 Å². The van der Waals surface area contributed by atoms with Crippen LogP contribution in [0.4, 0.5) is 0 Å². The first-order valence-electron chi connectivity index (χ1n) is 4.78. The van der Waals surface area contributed by atoms with Gasteiger partial charge in [0.05, 0.1) is 6.10 Å². The fourth-order valence-electron chi connectivity index (χ4n) is 1.41. The van der Waals surface area contributed by atoms with Crippen LogP contribution in [-0.2, 0) is 4.79 Å². The number of carbonyl (C=O) groups excluding carboxylic acids is 1. The normalized spacial score (nSPS) is 14.9. The number of aryl methyl sites for hydroxylation is 1. The molecule has 2 nitrogen and oxygen atoms in total. The molecular formula is C12H16O2. The van der Waals surface area contributed by atoms with E-state index in [0.29, 0.717) is 0 Å². The molecule has 0 fully saturated rings. The lowest BCUT2D eigenvalue weighted by Gasteiger charge is -2.18. The van der Waals surface area contributed by atoms with Crippen LogP contribution in [0, 0.1) is 12.8 Å². The van der Waals surface area contributed by atoms with E-state index < -0.39 is 6.10 Å². The highest BCUT2D eigenvalue weighted by Gasteiger charge is 2.21. The van der Waals surface area contributed by atoms with Crippen LogP contribution in [-0.4, -0.2) is 10.9 Å². The summed E-state index contributed by atoms with van der Waals surface area (Å²) >= 11 is 0. The van der Waals surface area contributed by atoms with Gasteiger partial charge in [-0.3, -0.25) is 4.79 Å². The van der Waals surface area contributed by atoms with Crippen molar-refractivity contribution in [1.82, 2.24) is 0 Å². The molecule has 0 aliphatic carbocycles. The van der Waals surface area contributed by atoms with Crippen molar-refractivity contribution in [1.29, 1.82) is 0 Å². The number of ketones is 1. The van der Waals surface area contributed by atoms with Crippen molar-refractivity contribution < 1.29 is 9.90 Å². The maximum atomic E-state index is 11.1. The van der Waals surface area contributed by atoms with E-state index in [0.717, 1.165) is 11.1 Å². The Bertz CT molecular complexity index is 331. The highest BCUT2D eigenvalue weighted by molar-refractivity contribution is 5.78. The molecule has 1 aromatic carbocycles. The van der Waals surface area contributed by atoms with E-state index in [1.54, 1.807) is 6.92 Å². The van der Waals surface area contributed by atoms with Crippen LogP contribution >= 0.6 is 0 Å². The molecule has 2 atom stereocenters. The van der Waals surface area contributed by atoms with Crippen molar-refractivity contribution in [3.8, 4) is 0 Å². The molecule has 0 bridgehead atoms. The SMILES string of the molecule is CC(=O)C(C)C(O)c1ccccc1C. The van der Waals surface area contributed by atoms with Gasteiger partial charge in [0.15, 0.2) is 0 Å². The van der Waals surface area contributed by atoms with Crippen molar-refractivity contribution in [2.45, 2.75) is 26.9 Å². The molecule has 0 saturated heterocycles. The molecule has 0 radical (unpaired) electrons. The molecule has 0 aromatic heterocycles. The minimum absolute atomic E-state index is 0.0146. The van der Waals surface area contributed by atoms with Gasteiger partial charge in [-0.15, -0.1) is 0 Å². The van der Waals surface area contributed by atoms with Crippen LogP contribution < -0.4 is 0 Å². The average Bonchev–Trinajstić information content (AvgIpc) is 2.16. The summed E-state index contributed by atoms with van der Waals surface area (Å²) in [6.07, 6.45) is -0.686. The summed E-state index contributed by atoms with van der Waals surface area (Å²) in [5.74, 6) is -0.322. The monoisotopic (exact) mass is 192 g/mol. The second-order valence-corrected chi connectivity index (χ2v) is 3.70. The van der Waals surface area contributed by atoms with E-state index in [2.05, 4.69) is 0 Å². The van der Waals surface area contributed by atoms with E-state index in [1.165, 1.54) is 6.92 Å². The third-order valence-corrected chi connectivity index (χ3v) is 2.62. The van der Waals surface area contributed by atoms with Crippen molar-refractivity contribution in [2.75, 3.05) is 0 Å². The fourth-order valence-corrected chi connectivity index (χ4v) is 1.41. The molecule has 0 amide bonds. The first-order valence-corrected chi connectivity index (χ1v) is 4.78. The van der Waals surface area contributed by atoms with Crippen LogP contribution in [0.25, 0.3) is 0 Å². The Morgan fingerprint density at radius 2 is 1.93 bits per heavy atom. The fraction of sp³-hybridized carbons (Fsp3) is 0.417. The number of hydrogen-bond acceptors (Lipinski definition) is 2. The van der Waals surface area contributed by atoms with Crippen molar-refractivity contribution in [2.24, 2.45) is 5.92 Å². The zero-order valence-corrected chi connectivity index (χ0v) is 8.82. The molecule has 2 heteroatoms. The topological polar surface area (TPSA) is 37.3 Å². The second kappa shape index (κ2) is 4.38. The molecule has 76 valence electrons. The zero-order chi connectivity index (χ0) is 10.7. The standard InChI is InChI=1S/C12H16O2/c1-8-6-4-5-7-11(8)12(14)9(2)10(3)13/h4-7,9,12,14H,1-3H3. The van der Waals surface area contributed by atoms with Gasteiger partial charge in [-0.1, -0.05) is 31.2 Å². The molecule has 2 unspecified atom stereocenters. The van der Waals surface area contributed by atoms with Crippen LogP contribution in [0.1, 0.15) is 31.1 Å². The molecule has 1 rings (SSSR count). The Morgan fingerprint density at radius 1 is 1.36 bits per heavy atom. The van der Waals surface area contributed by atoms with Gasteiger partial charge >= 0.3 is 0 Å². The highest BCUT2D eigenvalue weighted by Crippen LogP contribution is 2.24. The summed E-state index contributed by atoms with van der Waals surface area (Å²) in [5.41, 5.74) is 1.86. The van der Waals surface area contributed by atoms with Crippen molar-refractivity contribution in [3.63, 3.8) is 0 Å². The first kappa shape index (κ1) is 10.9. The number of aliphatic hydroxyl groups is 1. The molecule has 0 aliphatic heterocycles. The summed E-state index contributed by atoms with van der Waals surface area (Å²) in [7, 11) is 0. The number of rotatable bonds is 3. The number of aliphatic hydroxyl groups excluding tert-OH is 1. The Kier molecular flexibility index (Phi) is 3.42. The minimum Gasteiger partial charge on any atom is -0.388 e. The van der Waals surface area contributed by atoms with Crippen molar-refractivity contribution in [3.05, 3.63) is 35.4 Å². The van der Waals surface area contributed by atoms with Gasteiger partial charge in [0.2, 0.25) is 0 Å². The second-order valence-electron chi connectivity index (χ2n) is 3.70. The quantitative estimate of drug-likeness (QED) is 0.797. The van der Waals surface area contributed by atoms with E-state index in [4.69, 9.17) is 0 Å². The maximum Gasteiger partial charge on any atom is 0.135 e. The highest BCUT2D eigenvalue weighted by atomic mass is 16.3. The third kappa shape index (κ3) is 2.20.